The van der Waals surface area contributed by atoms with Crippen molar-refractivity contribution in [2.75, 3.05) is 0 Å². The molecule has 0 aliphatic rings. The summed E-state index contributed by atoms with van der Waals surface area (Å²) in [4.78, 5) is 0. The van der Waals surface area contributed by atoms with E-state index in [1.807, 2.05) is 0 Å². The number of hydrogen-bond acceptors (Lipinski definition) is 0. The van der Waals surface area contributed by atoms with E-state index in [1.54, 1.807) is 0 Å². The Labute approximate surface area is 60.2 Å². The zero-order valence-corrected chi connectivity index (χ0v) is 6.32. The van der Waals surface area contributed by atoms with Crippen LogP contribution in [0.25, 0.3) is 0 Å². The summed E-state index contributed by atoms with van der Waals surface area (Å²) in [5.41, 5.74) is 0.0741. The van der Waals surface area contributed by atoms with Gasteiger partial charge in [-0.25, -0.2) is 8.78 Å². The predicted octanol–water partition coefficient (Wildman–Crippen LogP) is 3.16. The summed E-state index contributed by atoms with van der Waals surface area (Å²) in [6.07, 6.45) is 2.56. The van der Waals surface area contributed by atoms with Gasteiger partial charge in [-0.05, 0) is 12.5 Å². The Bertz CT molecular complexity index is 145. The third-order valence-electron chi connectivity index (χ3n) is 1.39. The Balaban J connectivity index is 4.31. The average Bonchev–Trinajstić information content (AvgIpc) is 1.89. The van der Waals surface area contributed by atoms with Crippen molar-refractivity contribution in [2.45, 2.75) is 26.2 Å². The van der Waals surface area contributed by atoms with Gasteiger partial charge in [0.25, 0.3) is 5.92 Å². The highest BCUT2D eigenvalue weighted by molar-refractivity contribution is 5.15. The fourth-order valence-electron chi connectivity index (χ4n) is 0.578. The zero-order chi connectivity index (χ0) is 8.20. The third kappa shape index (κ3) is 2.29. The second kappa shape index (κ2) is 3.49. The molecule has 0 unspecified atom stereocenters. The SMILES string of the molecule is C=C/C=C(\C)C(F)(F)CC. The maximum absolute atomic E-state index is 12.6. The van der Waals surface area contributed by atoms with Crippen LogP contribution >= 0.6 is 0 Å². The van der Waals surface area contributed by atoms with Crippen molar-refractivity contribution < 1.29 is 8.78 Å². The minimum atomic E-state index is -2.66. The smallest absolute Gasteiger partial charge is 0.202 e. The second-order valence-electron chi connectivity index (χ2n) is 2.14. The van der Waals surface area contributed by atoms with Crippen LogP contribution in [0.2, 0.25) is 0 Å². The lowest BCUT2D eigenvalue weighted by molar-refractivity contribution is 0.0377. The number of alkyl halides is 2. The predicted molar refractivity (Wildman–Crippen MR) is 39.2 cm³/mol. The van der Waals surface area contributed by atoms with Gasteiger partial charge in [-0.2, -0.15) is 0 Å². The standard InChI is InChI=1S/C8H12F2/c1-4-6-7(3)8(9,10)5-2/h4,6H,1,5H2,2-3H3/b7-6+. The van der Waals surface area contributed by atoms with E-state index in [4.69, 9.17) is 0 Å². The van der Waals surface area contributed by atoms with Crippen LogP contribution < -0.4 is 0 Å². The molecule has 0 aliphatic carbocycles. The molecule has 0 nitrogen and oxygen atoms in total. The Morgan fingerprint density at radius 1 is 1.60 bits per heavy atom. The molecule has 0 amide bonds. The van der Waals surface area contributed by atoms with Crippen LogP contribution in [0.4, 0.5) is 8.78 Å². The van der Waals surface area contributed by atoms with Crippen LogP contribution in [0.1, 0.15) is 20.3 Å². The normalized spacial score (nSPS) is 13.4. The third-order valence-corrected chi connectivity index (χ3v) is 1.39. The fraction of sp³-hybridized carbons (Fsp3) is 0.500. The van der Waals surface area contributed by atoms with Crippen molar-refractivity contribution in [3.05, 3.63) is 24.3 Å². The van der Waals surface area contributed by atoms with E-state index in [0.717, 1.165) is 0 Å². The molecule has 58 valence electrons. The summed E-state index contributed by atoms with van der Waals surface area (Å²) < 4.78 is 25.2. The van der Waals surface area contributed by atoms with E-state index in [-0.39, 0.29) is 12.0 Å². The fourth-order valence-corrected chi connectivity index (χ4v) is 0.578. The molecule has 0 N–H and O–H groups in total. The number of hydrogen-bond donors (Lipinski definition) is 0. The van der Waals surface area contributed by atoms with Crippen molar-refractivity contribution in [1.82, 2.24) is 0 Å². The van der Waals surface area contributed by atoms with E-state index in [1.165, 1.54) is 26.0 Å². The maximum Gasteiger partial charge on any atom is 0.269 e. The molecule has 0 atom stereocenters. The van der Waals surface area contributed by atoms with Gasteiger partial charge in [0.15, 0.2) is 0 Å². The van der Waals surface area contributed by atoms with Gasteiger partial charge in [-0.3, -0.25) is 0 Å². The monoisotopic (exact) mass is 146 g/mol. The summed E-state index contributed by atoms with van der Waals surface area (Å²) in [5, 5.41) is 0. The number of rotatable bonds is 3. The molecule has 0 heterocycles. The van der Waals surface area contributed by atoms with E-state index in [2.05, 4.69) is 6.58 Å². The topological polar surface area (TPSA) is 0 Å². The van der Waals surface area contributed by atoms with Gasteiger partial charge in [-0.15, -0.1) is 0 Å². The van der Waals surface area contributed by atoms with Gasteiger partial charge in [0, 0.05) is 6.42 Å². The van der Waals surface area contributed by atoms with Crippen molar-refractivity contribution in [2.24, 2.45) is 0 Å². The van der Waals surface area contributed by atoms with E-state index in [9.17, 15) is 8.78 Å². The highest BCUT2D eigenvalue weighted by Gasteiger charge is 2.27. The van der Waals surface area contributed by atoms with Crippen LogP contribution in [0.3, 0.4) is 0 Å². The van der Waals surface area contributed by atoms with Crippen molar-refractivity contribution in [3.8, 4) is 0 Å². The van der Waals surface area contributed by atoms with Gasteiger partial charge in [0.2, 0.25) is 0 Å². The second-order valence-corrected chi connectivity index (χ2v) is 2.14. The zero-order valence-electron chi connectivity index (χ0n) is 6.32. The van der Waals surface area contributed by atoms with Crippen LogP contribution in [0.5, 0.6) is 0 Å². The van der Waals surface area contributed by atoms with Crippen molar-refractivity contribution in [3.63, 3.8) is 0 Å². The van der Waals surface area contributed by atoms with Gasteiger partial charge in [0.1, 0.15) is 0 Å². The highest BCUT2D eigenvalue weighted by Crippen LogP contribution is 2.26. The minimum absolute atomic E-state index is 0.0741. The maximum atomic E-state index is 12.6. The minimum Gasteiger partial charge on any atom is -0.202 e. The summed E-state index contributed by atoms with van der Waals surface area (Å²) in [5.74, 6) is -2.66. The van der Waals surface area contributed by atoms with Crippen LogP contribution in [-0.4, -0.2) is 5.92 Å². The van der Waals surface area contributed by atoms with Gasteiger partial charge >= 0.3 is 0 Å². The Morgan fingerprint density at radius 2 is 2.10 bits per heavy atom. The molecule has 0 radical (unpaired) electrons. The lowest BCUT2D eigenvalue weighted by Gasteiger charge is -2.13. The van der Waals surface area contributed by atoms with Gasteiger partial charge < -0.3 is 0 Å². The van der Waals surface area contributed by atoms with Crippen LogP contribution in [0.15, 0.2) is 24.3 Å². The Morgan fingerprint density at radius 3 is 2.40 bits per heavy atom. The average molecular weight is 146 g/mol. The molecule has 0 saturated carbocycles. The summed E-state index contributed by atoms with van der Waals surface area (Å²) in [7, 11) is 0. The molecule has 0 spiro atoms. The molecular formula is C8H12F2. The lowest BCUT2D eigenvalue weighted by atomic mass is 10.1. The molecule has 0 rings (SSSR count). The van der Waals surface area contributed by atoms with Gasteiger partial charge in [-0.1, -0.05) is 25.7 Å². The molecule has 0 aromatic heterocycles. The first kappa shape index (κ1) is 9.34. The van der Waals surface area contributed by atoms with E-state index >= 15 is 0 Å². The summed E-state index contributed by atoms with van der Waals surface area (Å²) in [6, 6.07) is 0. The molecular weight excluding hydrogens is 134 g/mol. The summed E-state index contributed by atoms with van der Waals surface area (Å²) in [6.45, 7) is 6.21. The first-order valence-electron chi connectivity index (χ1n) is 3.22. The van der Waals surface area contributed by atoms with E-state index < -0.39 is 5.92 Å². The Hall–Kier alpha value is -0.660. The van der Waals surface area contributed by atoms with Crippen molar-refractivity contribution >= 4 is 0 Å². The Kier molecular flexibility index (Phi) is 3.26. The molecule has 10 heavy (non-hydrogen) atoms. The number of halogens is 2. The molecule has 0 aromatic rings. The quantitative estimate of drug-likeness (QED) is 0.536. The van der Waals surface area contributed by atoms with Crippen molar-refractivity contribution in [1.29, 1.82) is 0 Å². The van der Waals surface area contributed by atoms with Crippen LogP contribution in [0, 0.1) is 0 Å². The molecule has 0 aromatic carbocycles. The molecule has 0 bridgehead atoms. The molecule has 0 saturated heterocycles. The first-order valence-corrected chi connectivity index (χ1v) is 3.22. The first-order chi connectivity index (χ1) is 4.54. The number of allylic oxidation sites excluding steroid dienone is 3. The van der Waals surface area contributed by atoms with Gasteiger partial charge in [0.05, 0.1) is 0 Å². The van der Waals surface area contributed by atoms with Crippen LogP contribution in [-0.2, 0) is 0 Å². The highest BCUT2D eigenvalue weighted by atomic mass is 19.3. The largest absolute Gasteiger partial charge is 0.269 e. The van der Waals surface area contributed by atoms with E-state index in [0.29, 0.717) is 0 Å². The lowest BCUT2D eigenvalue weighted by Crippen LogP contribution is -2.15. The molecule has 2 heteroatoms. The molecule has 0 fully saturated rings. The summed E-state index contributed by atoms with van der Waals surface area (Å²) >= 11 is 0. The molecule has 0 aliphatic heterocycles.